The van der Waals surface area contributed by atoms with Crippen molar-refractivity contribution in [2.45, 2.75) is 44.4 Å². The molecule has 1 aliphatic carbocycles. The van der Waals surface area contributed by atoms with E-state index in [2.05, 4.69) is 4.98 Å². The van der Waals surface area contributed by atoms with Gasteiger partial charge in [-0.15, -0.1) is 0 Å². The van der Waals surface area contributed by atoms with Crippen molar-refractivity contribution in [3.8, 4) is 0 Å². The molecule has 1 saturated carbocycles. The van der Waals surface area contributed by atoms with Gasteiger partial charge in [0.2, 0.25) is 5.43 Å². The molecule has 0 bridgehead atoms. The van der Waals surface area contributed by atoms with Gasteiger partial charge in [0.15, 0.2) is 17.7 Å². The first kappa shape index (κ1) is 23.9. The Balaban J connectivity index is 1.35. The predicted molar refractivity (Wildman–Crippen MR) is 134 cm³/mol. The number of primary amides is 1. The molecule has 1 unspecified atom stereocenters. The van der Waals surface area contributed by atoms with Gasteiger partial charge < -0.3 is 25.0 Å². The monoisotopic (exact) mass is 521 g/mol. The quantitative estimate of drug-likeness (QED) is 0.520. The molecule has 1 aromatic carbocycles. The third-order valence-corrected chi connectivity index (χ3v) is 7.28. The lowest BCUT2D eigenvalue weighted by molar-refractivity contribution is -0.124. The molecule has 196 valence electrons. The fourth-order valence-electron chi connectivity index (χ4n) is 5.16. The second-order valence-electron chi connectivity index (χ2n) is 9.84. The van der Waals surface area contributed by atoms with E-state index in [0.717, 1.165) is 30.0 Å². The van der Waals surface area contributed by atoms with Gasteiger partial charge in [-0.1, -0.05) is 6.07 Å². The first-order valence-electron chi connectivity index (χ1n) is 12.3. The molecule has 2 aromatic heterocycles. The average molecular weight is 522 g/mol. The van der Waals surface area contributed by atoms with E-state index in [9.17, 15) is 24.3 Å². The van der Waals surface area contributed by atoms with Crippen molar-refractivity contribution in [3.63, 3.8) is 0 Å². The summed E-state index contributed by atoms with van der Waals surface area (Å²) in [4.78, 5) is 55.8. The van der Waals surface area contributed by atoms with E-state index in [0.29, 0.717) is 31.6 Å². The maximum Gasteiger partial charge on any atom is 0.415 e. The number of nitrogens with two attached hydrogens (primary N) is 1. The summed E-state index contributed by atoms with van der Waals surface area (Å²) in [6, 6.07) is 6.58. The van der Waals surface area contributed by atoms with Crippen LogP contribution in [0.4, 0.5) is 20.7 Å². The summed E-state index contributed by atoms with van der Waals surface area (Å²) in [5, 5.41) is 9.41. The van der Waals surface area contributed by atoms with Crippen LogP contribution in [0.5, 0.6) is 0 Å². The van der Waals surface area contributed by atoms with Crippen molar-refractivity contribution in [1.82, 2.24) is 9.55 Å². The van der Waals surface area contributed by atoms with Gasteiger partial charge in [0.1, 0.15) is 11.2 Å². The summed E-state index contributed by atoms with van der Waals surface area (Å²) in [5.41, 5.74) is 6.88. The number of carbonyl (C=O) groups excluding carboxylic acids is 2. The van der Waals surface area contributed by atoms with Crippen molar-refractivity contribution in [3.05, 3.63) is 63.2 Å². The summed E-state index contributed by atoms with van der Waals surface area (Å²) in [6.07, 6.45) is 2.68. The standard InChI is InChI=1S/C26H24FN5O6/c27-19-9-17-21(33)18(25(35)36)11-31(15-5-6-15)23(17)29-24(19)30-7-1-2-13-8-16(4-3-14(13)10-30)32-12-20(22(28)34)38-26(32)37/h3-4,8-9,11,15,20H,1-2,5-7,10,12H2,(H2,28,34)(H,35,36). The average Bonchev–Trinajstić information content (AvgIpc) is 3.67. The van der Waals surface area contributed by atoms with E-state index in [1.165, 1.54) is 11.1 Å². The highest BCUT2D eigenvalue weighted by molar-refractivity contribution is 5.95. The normalized spacial score (nSPS) is 19.3. The first-order valence-corrected chi connectivity index (χ1v) is 12.3. The Labute approximate surface area is 215 Å². The molecular weight excluding hydrogens is 497 g/mol. The van der Waals surface area contributed by atoms with Gasteiger partial charge in [0.25, 0.3) is 5.91 Å². The summed E-state index contributed by atoms with van der Waals surface area (Å²) in [7, 11) is 0. The molecule has 0 spiro atoms. The zero-order chi connectivity index (χ0) is 26.7. The molecule has 2 amide bonds. The number of rotatable bonds is 5. The zero-order valence-corrected chi connectivity index (χ0v) is 20.2. The van der Waals surface area contributed by atoms with Crippen molar-refractivity contribution < 1.29 is 28.6 Å². The first-order chi connectivity index (χ1) is 18.2. The molecule has 0 radical (unpaired) electrons. The van der Waals surface area contributed by atoms with Gasteiger partial charge in [-0.3, -0.25) is 14.5 Å². The highest BCUT2D eigenvalue weighted by Crippen LogP contribution is 2.37. The van der Waals surface area contributed by atoms with E-state index < -0.39 is 40.9 Å². The van der Waals surface area contributed by atoms with Crippen molar-refractivity contribution in [2.75, 3.05) is 22.9 Å². The minimum atomic E-state index is -1.35. The minimum absolute atomic E-state index is 0.0248. The highest BCUT2D eigenvalue weighted by atomic mass is 19.1. The molecule has 11 nitrogen and oxygen atoms in total. The zero-order valence-electron chi connectivity index (χ0n) is 20.2. The van der Waals surface area contributed by atoms with Crippen LogP contribution in [-0.4, -0.2) is 51.8 Å². The van der Waals surface area contributed by atoms with Crippen LogP contribution in [0.3, 0.4) is 0 Å². The fraction of sp³-hybridized carbons (Fsp3) is 0.346. The number of hydrogen-bond acceptors (Lipinski definition) is 7. The van der Waals surface area contributed by atoms with Crippen LogP contribution in [0.15, 0.2) is 35.3 Å². The number of hydrogen-bond donors (Lipinski definition) is 2. The molecule has 6 rings (SSSR count). The molecule has 3 N–H and O–H groups in total. The number of aromatic nitrogens is 2. The molecule has 1 saturated heterocycles. The lowest BCUT2D eigenvalue weighted by Gasteiger charge is -2.24. The van der Waals surface area contributed by atoms with Crippen LogP contribution in [0.1, 0.15) is 46.8 Å². The van der Waals surface area contributed by atoms with E-state index in [1.807, 2.05) is 12.1 Å². The van der Waals surface area contributed by atoms with Gasteiger partial charge in [0.05, 0.1) is 11.9 Å². The Kier molecular flexibility index (Phi) is 5.55. The summed E-state index contributed by atoms with van der Waals surface area (Å²) < 4.78 is 22.1. The number of carbonyl (C=O) groups is 3. The topological polar surface area (TPSA) is 148 Å². The number of fused-ring (bicyclic) bond motifs is 2. The van der Waals surface area contributed by atoms with Crippen LogP contribution in [0.2, 0.25) is 0 Å². The number of nitrogens with zero attached hydrogens (tertiary/aromatic N) is 4. The Hall–Kier alpha value is -4.48. The number of ether oxygens (including phenoxy) is 1. The van der Waals surface area contributed by atoms with E-state index >= 15 is 4.39 Å². The molecule has 3 aromatic rings. The number of pyridine rings is 2. The van der Waals surface area contributed by atoms with Crippen LogP contribution < -0.4 is 21.0 Å². The molecule has 38 heavy (non-hydrogen) atoms. The number of carboxylic acid groups (broad SMARTS) is 1. The number of carboxylic acids is 1. The van der Waals surface area contributed by atoms with Crippen molar-refractivity contribution in [1.29, 1.82) is 0 Å². The van der Waals surface area contributed by atoms with Crippen LogP contribution in [0, 0.1) is 5.82 Å². The second kappa shape index (κ2) is 8.82. The number of anilines is 2. The van der Waals surface area contributed by atoms with E-state index in [4.69, 9.17) is 10.5 Å². The number of benzene rings is 1. The van der Waals surface area contributed by atoms with Gasteiger partial charge in [-0.2, -0.15) is 0 Å². The molecule has 2 fully saturated rings. The Morgan fingerprint density at radius 3 is 2.63 bits per heavy atom. The maximum absolute atomic E-state index is 15.4. The largest absolute Gasteiger partial charge is 0.477 e. The van der Waals surface area contributed by atoms with Crippen LogP contribution in [-0.2, 0) is 22.5 Å². The predicted octanol–water partition coefficient (Wildman–Crippen LogP) is 2.33. The smallest absolute Gasteiger partial charge is 0.415 e. The van der Waals surface area contributed by atoms with Crippen molar-refractivity contribution in [2.24, 2.45) is 5.73 Å². The lowest BCUT2D eigenvalue weighted by atomic mass is 10.0. The number of aromatic carboxylic acids is 1. The van der Waals surface area contributed by atoms with Gasteiger partial charge in [-0.25, -0.2) is 19.0 Å². The van der Waals surface area contributed by atoms with E-state index in [-0.39, 0.29) is 29.4 Å². The van der Waals surface area contributed by atoms with Crippen LogP contribution >= 0.6 is 0 Å². The minimum Gasteiger partial charge on any atom is -0.477 e. The SMILES string of the molecule is NC(=O)C1CN(c2ccc3c(c2)CCCN(c2nc4c(cc2F)c(=O)c(C(=O)O)cn4C2CC2)C3)C(=O)O1. The maximum atomic E-state index is 15.4. The number of halogens is 1. The van der Waals surface area contributed by atoms with Gasteiger partial charge in [-0.05, 0) is 55.0 Å². The number of amides is 2. The fourth-order valence-corrected chi connectivity index (χ4v) is 5.16. The second-order valence-corrected chi connectivity index (χ2v) is 9.84. The summed E-state index contributed by atoms with van der Waals surface area (Å²) in [5.74, 6) is -2.66. The van der Waals surface area contributed by atoms with Gasteiger partial charge >= 0.3 is 12.1 Å². The third-order valence-electron chi connectivity index (χ3n) is 7.28. The van der Waals surface area contributed by atoms with Crippen LogP contribution in [0.25, 0.3) is 11.0 Å². The highest BCUT2D eigenvalue weighted by Gasteiger charge is 2.36. The third kappa shape index (κ3) is 4.01. The number of cyclic esters (lactones) is 1. The molecule has 12 heteroatoms. The Morgan fingerprint density at radius 1 is 1.16 bits per heavy atom. The Bertz CT molecular complexity index is 1580. The summed E-state index contributed by atoms with van der Waals surface area (Å²) in [6.45, 7) is 0.883. The van der Waals surface area contributed by atoms with Gasteiger partial charge in [0, 0.05) is 31.0 Å². The molecule has 3 aliphatic rings. The molecule has 2 aliphatic heterocycles. The van der Waals surface area contributed by atoms with Crippen molar-refractivity contribution >= 4 is 40.5 Å². The lowest BCUT2D eigenvalue weighted by Crippen LogP contribution is -2.32. The molecule has 4 heterocycles. The number of aryl methyl sites for hydroxylation is 1. The molecular formula is C26H24FN5O6. The Morgan fingerprint density at radius 2 is 1.95 bits per heavy atom. The van der Waals surface area contributed by atoms with E-state index in [1.54, 1.807) is 15.5 Å². The summed E-state index contributed by atoms with van der Waals surface area (Å²) >= 11 is 0. The molecule has 1 atom stereocenters.